The number of carbonyl (C=O) groups is 2. The molecule has 36 heavy (non-hydrogen) atoms. The molecule has 0 unspecified atom stereocenters. The molecule has 0 radical (unpaired) electrons. The van der Waals surface area contributed by atoms with Crippen LogP contribution in [0.3, 0.4) is 0 Å². The highest BCUT2D eigenvalue weighted by atomic mass is 16.5. The van der Waals surface area contributed by atoms with Gasteiger partial charge in [-0.05, 0) is 43.0 Å². The third kappa shape index (κ3) is 7.18. The van der Waals surface area contributed by atoms with E-state index in [-0.39, 0.29) is 19.2 Å². The number of hydrogen-bond donors (Lipinski definition) is 1. The summed E-state index contributed by atoms with van der Waals surface area (Å²) in [5.74, 6) is 1.23. The zero-order chi connectivity index (χ0) is 26.7. The summed E-state index contributed by atoms with van der Waals surface area (Å²) in [7, 11) is 2.03. The molecule has 0 atom stereocenters. The molecule has 0 spiro atoms. The molecule has 0 saturated carbocycles. The van der Waals surface area contributed by atoms with E-state index >= 15 is 0 Å². The Bertz CT molecular complexity index is 1010. The number of nitrogens with zero attached hydrogens (tertiary/aromatic N) is 4. The number of hydrogen-bond acceptors (Lipinski definition) is 6. The summed E-state index contributed by atoms with van der Waals surface area (Å²) in [6.45, 7) is 14.4. The van der Waals surface area contributed by atoms with Crippen LogP contribution >= 0.6 is 0 Å². The van der Waals surface area contributed by atoms with Gasteiger partial charge in [0, 0.05) is 46.2 Å². The van der Waals surface area contributed by atoms with Gasteiger partial charge in [0.25, 0.3) is 5.91 Å². The number of benzene rings is 1. The van der Waals surface area contributed by atoms with Crippen molar-refractivity contribution in [2.24, 2.45) is 0 Å². The molecule has 2 aromatic rings. The minimum absolute atomic E-state index is 0. The van der Waals surface area contributed by atoms with Gasteiger partial charge in [-0.2, -0.15) is 0 Å². The number of likely N-dealkylation sites (tertiary alicyclic amines) is 1. The number of rotatable bonds is 5. The van der Waals surface area contributed by atoms with Crippen LogP contribution in [0.15, 0.2) is 24.4 Å². The summed E-state index contributed by atoms with van der Waals surface area (Å²) in [6.07, 6.45) is 5.41. The summed E-state index contributed by atoms with van der Waals surface area (Å²) < 4.78 is 5.77. The maximum atomic E-state index is 13.1. The zero-order valence-corrected chi connectivity index (χ0v) is 23.1. The SMILES string of the molecule is CC.CC.CCCc1cnc(NC(C)=O)nc1C1CCN(C(=O)c2ccc3c(c2)OCCN3C)CC1.[HH]. The van der Waals surface area contributed by atoms with Gasteiger partial charge in [0.1, 0.15) is 12.4 Å². The molecule has 3 heterocycles. The van der Waals surface area contributed by atoms with Crippen molar-refractivity contribution in [2.75, 3.05) is 43.5 Å². The van der Waals surface area contributed by atoms with Gasteiger partial charge in [-0.25, -0.2) is 9.97 Å². The van der Waals surface area contributed by atoms with Crippen molar-refractivity contribution in [3.8, 4) is 5.75 Å². The number of ether oxygens (including phenoxy) is 1. The van der Waals surface area contributed by atoms with E-state index in [4.69, 9.17) is 4.74 Å². The van der Waals surface area contributed by atoms with Crippen LogP contribution in [0.4, 0.5) is 11.6 Å². The fourth-order valence-electron chi connectivity index (χ4n) is 4.48. The van der Waals surface area contributed by atoms with Gasteiger partial charge in [0.15, 0.2) is 0 Å². The standard InChI is InChI=1S/C24H31N5O3.2C2H6.H2/c1-4-5-19-15-25-24(26-16(2)30)27-22(19)17-8-10-29(11-9-17)23(31)18-6-7-20-21(14-18)32-13-12-28(20)3;2*1-2;/h6-7,14-15,17H,4-5,8-13H2,1-3H3,(H,25,26,27,30);2*1-2H3;1H. The first-order chi connectivity index (χ1) is 17.5. The second-order valence-corrected chi connectivity index (χ2v) is 8.55. The average molecular weight is 500 g/mol. The largest absolute Gasteiger partial charge is 0.490 e. The number of anilines is 2. The van der Waals surface area contributed by atoms with Crippen LogP contribution in [0, 0.1) is 0 Å². The molecular formula is C28H45N5O3. The molecule has 1 aromatic heterocycles. The molecular weight excluding hydrogens is 454 g/mol. The molecule has 4 rings (SSSR count). The number of fused-ring (bicyclic) bond motifs is 1. The Morgan fingerprint density at radius 2 is 1.83 bits per heavy atom. The maximum Gasteiger partial charge on any atom is 0.253 e. The summed E-state index contributed by atoms with van der Waals surface area (Å²) in [5.41, 5.74) is 3.82. The quantitative estimate of drug-likeness (QED) is 0.582. The van der Waals surface area contributed by atoms with Gasteiger partial charge in [-0.1, -0.05) is 41.0 Å². The van der Waals surface area contributed by atoms with E-state index in [1.165, 1.54) is 6.92 Å². The Kier molecular flexibility index (Phi) is 11.6. The Balaban J connectivity index is 0.00000131. The van der Waals surface area contributed by atoms with Crippen molar-refractivity contribution in [3.63, 3.8) is 0 Å². The Hall–Kier alpha value is -3.16. The van der Waals surface area contributed by atoms with Crippen molar-refractivity contribution in [2.45, 2.75) is 73.1 Å². The molecule has 2 aliphatic heterocycles. The van der Waals surface area contributed by atoms with Gasteiger partial charge in [-0.15, -0.1) is 0 Å². The molecule has 1 fully saturated rings. The van der Waals surface area contributed by atoms with Gasteiger partial charge in [0.2, 0.25) is 11.9 Å². The van der Waals surface area contributed by atoms with Crippen molar-refractivity contribution < 1.29 is 15.8 Å². The van der Waals surface area contributed by atoms with E-state index in [2.05, 4.69) is 27.1 Å². The minimum atomic E-state index is -0.181. The maximum absolute atomic E-state index is 13.1. The summed E-state index contributed by atoms with van der Waals surface area (Å²) in [6, 6.07) is 5.72. The first kappa shape index (κ1) is 29.1. The average Bonchev–Trinajstić information content (AvgIpc) is 2.91. The van der Waals surface area contributed by atoms with Crippen LogP contribution in [0.2, 0.25) is 0 Å². The van der Waals surface area contributed by atoms with Crippen molar-refractivity contribution in [1.82, 2.24) is 14.9 Å². The number of aryl methyl sites for hydroxylation is 1. The fraction of sp³-hybridized carbons (Fsp3) is 0.571. The van der Waals surface area contributed by atoms with Gasteiger partial charge < -0.3 is 14.5 Å². The molecule has 8 heteroatoms. The summed E-state index contributed by atoms with van der Waals surface area (Å²) in [4.78, 5) is 37.6. The number of amides is 2. The monoisotopic (exact) mass is 499 g/mol. The van der Waals surface area contributed by atoms with E-state index in [9.17, 15) is 9.59 Å². The smallest absolute Gasteiger partial charge is 0.253 e. The van der Waals surface area contributed by atoms with Crippen LogP contribution in [0.25, 0.3) is 0 Å². The Morgan fingerprint density at radius 1 is 1.14 bits per heavy atom. The zero-order valence-electron chi connectivity index (χ0n) is 23.1. The van der Waals surface area contributed by atoms with Crippen LogP contribution < -0.4 is 15.0 Å². The Labute approximate surface area is 217 Å². The van der Waals surface area contributed by atoms with Crippen LogP contribution in [0.5, 0.6) is 5.75 Å². The van der Waals surface area contributed by atoms with E-state index in [1.807, 2.05) is 64.0 Å². The van der Waals surface area contributed by atoms with Gasteiger partial charge in [0.05, 0.1) is 17.9 Å². The first-order valence-electron chi connectivity index (χ1n) is 13.4. The third-order valence-corrected chi connectivity index (χ3v) is 6.18. The molecule has 0 aliphatic carbocycles. The molecule has 2 aliphatic rings. The van der Waals surface area contributed by atoms with Crippen molar-refractivity contribution >= 4 is 23.5 Å². The normalized spacial score (nSPS) is 14.9. The van der Waals surface area contributed by atoms with Crippen LogP contribution in [-0.4, -0.2) is 60.0 Å². The molecule has 1 aromatic carbocycles. The van der Waals surface area contributed by atoms with E-state index in [1.54, 1.807) is 0 Å². The number of nitrogens with one attached hydrogen (secondary N) is 1. The van der Waals surface area contributed by atoms with E-state index in [0.717, 1.165) is 54.9 Å². The van der Waals surface area contributed by atoms with Crippen LogP contribution in [-0.2, 0) is 11.2 Å². The molecule has 200 valence electrons. The molecule has 1 saturated heterocycles. The second-order valence-electron chi connectivity index (χ2n) is 8.55. The number of likely N-dealkylation sites (N-methyl/N-ethyl adjacent to an activating group) is 1. The number of piperidine rings is 1. The highest BCUT2D eigenvalue weighted by molar-refractivity contribution is 5.95. The van der Waals surface area contributed by atoms with E-state index in [0.29, 0.717) is 31.2 Å². The van der Waals surface area contributed by atoms with Crippen LogP contribution in [0.1, 0.15) is 89.8 Å². The van der Waals surface area contributed by atoms with Gasteiger partial charge >= 0.3 is 0 Å². The molecule has 0 bridgehead atoms. The number of carbonyl (C=O) groups excluding carboxylic acids is 2. The number of aromatic nitrogens is 2. The third-order valence-electron chi connectivity index (χ3n) is 6.18. The van der Waals surface area contributed by atoms with E-state index < -0.39 is 0 Å². The Morgan fingerprint density at radius 3 is 2.47 bits per heavy atom. The molecule has 8 nitrogen and oxygen atoms in total. The molecule has 2 amide bonds. The lowest BCUT2D eigenvalue weighted by atomic mass is 9.89. The lowest BCUT2D eigenvalue weighted by Gasteiger charge is -2.33. The summed E-state index contributed by atoms with van der Waals surface area (Å²) in [5, 5.41) is 2.69. The predicted molar refractivity (Wildman–Crippen MR) is 148 cm³/mol. The van der Waals surface area contributed by atoms with Crippen molar-refractivity contribution in [1.29, 1.82) is 0 Å². The topological polar surface area (TPSA) is 87.7 Å². The molecule has 1 N–H and O–H groups in total. The van der Waals surface area contributed by atoms with Crippen molar-refractivity contribution in [3.05, 3.63) is 41.2 Å². The lowest BCUT2D eigenvalue weighted by molar-refractivity contribution is -0.114. The minimum Gasteiger partial charge on any atom is -0.490 e. The highest BCUT2D eigenvalue weighted by Gasteiger charge is 2.28. The summed E-state index contributed by atoms with van der Waals surface area (Å²) >= 11 is 0. The second kappa shape index (κ2) is 14.4. The van der Waals surface area contributed by atoms with Gasteiger partial charge in [-0.3, -0.25) is 14.9 Å². The predicted octanol–water partition coefficient (Wildman–Crippen LogP) is 5.53. The fourth-order valence-corrected chi connectivity index (χ4v) is 4.48. The first-order valence-corrected chi connectivity index (χ1v) is 13.4. The lowest BCUT2D eigenvalue weighted by Crippen LogP contribution is -2.38. The highest BCUT2D eigenvalue weighted by Crippen LogP contribution is 2.34.